The average Bonchev–Trinajstić information content (AvgIpc) is 3.05. The number of aliphatic hydroxyl groups is 1. The Morgan fingerprint density at radius 1 is 0.800 bits per heavy atom. The van der Waals surface area contributed by atoms with Crippen molar-refractivity contribution < 1.29 is 5.11 Å². The highest BCUT2D eigenvalue weighted by atomic mass is 16.3. The summed E-state index contributed by atoms with van der Waals surface area (Å²) in [6.45, 7) is 5.32. The van der Waals surface area contributed by atoms with E-state index in [2.05, 4.69) is 60.1 Å². The van der Waals surface area contributed by atoms with Gasteiger partial charge in [0.1, 0.15) is 0 Å². The van der Waals surface area contributed by atoms with Crippen LogP contribution in [0.2, 0.25) is 0 Å². The highest BCUT2D eigenvalue weighted by molar-refractivity contribution is 5.69. The van der Waals surface area contributed by atoms with E-state index in [0.717, 1.165) is 22.5 Å². The third kappa shape index (κ3) is 4.38. The molecule has 0 spiro atoms. The number of nitrogens with one attached hydrogen (secondary N) is 1. The van der Waals surface area contributed by atoms with Crippen molar-refractivity contribution in [3.8, 4) is 22.5 Å². The zero-order chi connectivity index (χ0) is 17.6. The van der Waals surface area contributed by atoms with E-state index in [0.29, 0.717) is 19.1 Å². The van der Waals surface area contributed by atoms with Crippen LogP contribution in [-0.4, -0.2) is 28.4 Å². The molecule has 25 heavy (non-hydrogen) atoms. The maximum atomic E-state index is 10.5. The average molecular weight is 334 g/mol. The number of aliphatic hydroxyl groups excluding tert-OH is 1. The van der Waals surface area contributed by atoms with Crippen molar-refractivity contribution in [1.29, 1.82) is 0 Å². The first-order chi connectivity index (χ1) is 12.1. The van der Waals surface area contributed by atoms with Crippen molar-refractivity contribution in [2.75, 3.05) is 6.54 Å². The van der Waals surface area contributed by atoms with Crippen LogP contribution >= 0.6 is 0 Å². The zero-order valence-electron chi connectivity index (χ0n) is 14.9. The van der Waals surface area contributed by atoms with E-state index < -0.39 is 6.10 Å². The lowest BCUT2D eigenvalue weighted by atomic mass is 10.1. The van der Waals surface area contributed by atoms with Crippen molar-refractivity contribution >= 4 is 0 Å². The van der Waals surface area contributed by atoms with E-state index in [1.54, 1.807) is 0 Å². The molecule has 0 saturated carbocycles. The minimum absolute atomic E-state index is 0.362. The van der Waals surface area contributed by atoms with Crippen LogP contribution < -0.4 is 5.32 Å². The second-order valence-electron chi connectivity index (χ2n) is 6.66. The molecule has 3 rings (SSSR count). The van der Waals surface area contributed by atoms with Gasteiger partial charge in [-0.2, -0.15) is 0 Å². The lowest BCUT2D eigenvalue weighted by Crippen LogP contribution is -2.34. The molecule has 1 heterocycles. The Morgan fingerprint density at radius 3 is 1.72 bits per heavy atom. The highest BCUT2D eigenvalue weighted by Crippen LogP contribution is 2.29. The summed E-state index contributed by atoms with van der Waals surface area (Å²) in [6, 6.07) is 25.3. The molecule has 3 heteroatoms. The molecule has 0 fully saturated rings. The molecule has 1 aromatic heterocycles. The summed E-state index contributed by atoms with van der Waals surface area (Å²) in [5.41, 5.74) is 4.58. The zero-order valence-corrected chi connectivity index (χ0v) is 14.9. The lowest BCUT2D eigenvalue weighted by Gasteiger charge is -2.19. The van der Waals surface area contributed by atoms with E-state index in [1.807, 2.05) is 36.4 Å². The maximum Gasteiger partial charge on any atom is 0.0843 e. The number of aromatic nitrogens is 1. The second kappa shape index (κ2) is 8.15. The number of hydrogen-bond donors (Lipinski definition) is 2. The first kappa shape index (κ1) is 17.5. The van der Waals surface area contributed by atoms with Crippen LogP contribution in [0, 0.1) is 0 Å². The fourth-order valence-electron chi connectivity index (χ4n) is 3.03. The third-order valence-corrected chi connectivity index (χ3v) is 4.27. The highest BCUT2D eigenvalue weighted by Gasteiger charge is 2.15. The van der Waals surface area contributed by atoms with Gasteiger partial charge in [0.2, 0.25) is 0 Å². The first-order valence-corrected chi connectivity index (χ1v) is 8.87. The lowest BCUT2D eigenvalue weighted by molar-refractivity contribution is 0.150. The second-order valence-corrected chi connectivity index (χ2v) is 6.66. The summed E-state index contributed by atoms with van der Waals surface area (Å²) in [7, 11) is 0. The van der Waals surface area contributed by atoms with E-state index >= 15 is 0 Å². The van der Waals surface area contributed by atoms with E-state index in [4.69, 9.17) is 0 Å². The monoisotopic (exact) mass is 334 g/mol. The largest absolute Gasteiger partial charge is 0.390 e. The van der Waals surface area contributed by atoms with Gasteiger partial charge in [0.25, 0.3) is 0 Å². The summed E-state index contributed by atoms with van der Waals surface area (Å²) in [4.78, 5) is 0. The minimum Gasteiger partial charge on any atom is -0.390 e. The standard InChI is InChI=1S/C22H26N2O/c1-17(2)23-15-20(25)16-24-21(18-9-5-3-6-10-18)13-14-22(24)19-11-7-4-8-12-19/h3-14,17,20,23,25H,15-16H2,1-2H3/t20-/m0/s1. The molecule has 130 valence electrons. The number of hydrogen-bond acceptors (Lipinski definition) is 2. The van der Waals surface area contributed by atoms with Gasteiger partial charge >= 0.3 is 0 Å². The summed E-state index contributed by atoms with van der Waals surface area (Å²) in [5, 5.41) is 13.8. The predicted octanol–water partition coefficient (Wildman–Crippen LogP) is 4.18. The van der Waals surface area contributed by atoms with Gasteiger partial charge in [0, 0.05) is 24.0 Å². The van der Waals surface area contributed by atoms with E-state index in [-0.39, 0.29) is 0 Å². The molecule has 0 aliphatic rings. The van der Waals surface area contributed by atoms with Gasteiger partial charge in [-0.05, 0) is 23.3 Å². The molecule has 3 nitrogen and oxygen atoms in total. The van der Waals surface area contributed by atoms with Gasteiger partial charge in [-0.25, -0.2) is 0 Å². The van der Waals surface area contributed by atoms with Crippen molar-refractivity contribution in [3.63, 3.8) is 0 Å². The number of benzene rings is 2. The Balaban J connectivity index is 1.95. The molecule has 1 atom stereocenters. The third-order valence-electron chi connectivity index (χ3n) is 4.27. The summed E-state index contributed by atoms with van der Waals surface area (Å²) in [5.74, 6) is 0. The quantitative estimate of drug-likeness (QED) is 0.680. The molecule has 2 N–H and O–H groups in total. The molecule has 0 saturated heterocycles. The Labute approximate surface area is 149 Å². The molecule has 0 aliphatic heterocycles. The van der Waals surface area contributed by atoms with E-state index in [1.165, 1.54) is 0 Å². The van der Waals surface area contributed by atoms with Crippen LogP contribution in [0.25, 0.3) is 22.5 Å². The SMILES string of the molecule is CC(C)NC[C@H](O)Cn1c(-c2ccccc2)ccc1-c1ccccc1. The Hall–Kier alpha value is -2.36. The summed E-state index contributed by atoms with van der Waals surface area (Å²) in [6.07, 6.45) is -0.445. The van der Waals surface area contributed by atoms with Crippen molar-refractivity contribution in [2.24, 2.45) is 0 Å². The fourth-order valence-corrected chi connectivity index (χ4v) is 3.03. The molecule has 0 radical (unpaired) electrons. The molecule has 0 unspecified atom stereocenters. The van der Waals surface area contributed by atoms with Crippen LogP contribution in [0.15, 0.2) is 72.8 Å². The fraction of sp³-hybridized carbons (Fsp3) is 0.273. The van der Waals surface area contributed by atoms with Gasteiger partial charge in [-0.1, -0.05) is 74.5 Å². The van der Waals surface area contributed by atoms with Crippen LogP contribution in [0.3, 0.4) is 0 Å². The Morgan fingerprint density at radius 2 is 1.28 bits per heavy atom. The molecule has 0 amide bonds. The predicted molar refractivity (Wildman–Crippen MR) is 104 cm³/mol. The summed E-state index contributed by atoms with van der Waals surface area (Å²) >= 11 is 0. The topological polar surface area (TPSA) is 37.2 Å². The molecular weight excluding hydrogens is 308 g/mol. The molecule has 2 aromatic carbocycles. The van der Waals surface area contributed by atoms with Crippen LogP contribution in [-0.2, 0) is 6.54 Å². The van der Waals surface area contributed by atoms with Gasteiger partial charge in [0.15, 0.2) is 0 Å². The van der Waals surface area contributed by atoms with Gasteiger partial charge in [0.05, 0.1) is 12.6 Å². The van der Waals surface area contributed by atoms with E-state index in [9.17, 15) is 5.11 Å². The van der Waals surface area contributed by atoms with Crippen LogP contribution in [0.1, 0.15) is 13.8 Å². The van der Waals surface area contributed by atoms with Crippen molar-refractivity contribution in [3.05, 3.63) is 72.8 Å². The normalized spacial score (nSPS) is 12.5. The van der Waals surface area contributed by atoms with Crippen LogP contribution in [0.4, 0.5) is 0 Å². The first-order valence-electron chi connectivity index (χ1n) is 8.87. The maximum absolute atomic E-state index is 10.5. The molecule has 0 aliphatic carbocycles. The smallest absolute Gasteiger partial charge is 0.0843 e. The van der Waals surface area contributed by atoms with Gasteiger partial charge < -0.3 is 15.0 Å². The number of rotatable bonds is 7. The van der Waals surface area contributed by atoms with Crippen molar-refractivity contribution in [2.45, 2.75) is 32.5 Å². The number of nitrogens with zero attached hydrogens (tertiary/aromatic N) is 1. The molecule has 0 bridgehead atoms. The van der Waals surface area contributed by atoms with Gasteiger partial charge in [-0.3, -0.25) is 0 Å². The Bertz CT molecular complexity index is 721. The minimum atomic E-state index is -0.445. The van der Waals surface area contributed by atoms with Gasteiger partial charge in [-0.15, -0.1) is 0 Å². The Kier molecular flexibility index (Phi) is 5.69. The van der Waals surface area contributed by atoms with Crippen LogP contribution in [0.5, 0.6) is 0 Å². The summed E-state index contributed by atoms with van der Waals surface area (Å²) < 4.78 is 2.22. The van der Waals surface area contributed by atoms with Crippen molar-refractivity contribution in [1.82, 2.24) is 9.88 Å². The molecular formula is C22H26N2O. The molecule has 3 aromatic rings.